The first kappa shape index (κ1) is 27.1. The van der Waals surface area contributed by atoms with Gasteiger partial charge in [-0.3, -0.25) is 0 Å². The molecule has 0 N–H and O–H groups in total. The van der Waals surface area contributed by atoms with Crippen LogP contribution in [0.15, 0.2) is 0 Å². The minimum Gasteiger partial charge on any atom is -0.418 e. The molecule has 0 aliphatic rings. The van der Waals surface area contributed by atoms with Crippen LogP contribution in [0.25, 0.3) is 0 Å². The second-order valence-electron chi connectivity index (χ2n) is 6.54. The fourth-order valence-corrected chi connectivity index (χ4v) is 8.07. The molecular formula is C17H27BF8NP. The summed E-state index contributed by atoms with van der Waals surface area (Å²) in [5.74, 6) is -5.60. The maximum absolute atomic E-state index is 14.4. The molecule has 0 aliphatic carbocycles. The molecule has 0 aliphatic heterocycles. The van der Waals surface area contributed by atoms with Gasteiger partial charge in [-0.15, -0.1) is 0 Å². The molecule has 0 spiro atoms. The average Bonchev–Trinajstić information content (AvgIpc) is 2.59. The van der Waals surface area contributed by atoms with E-state index in [4.69, 9.17) is 0 Å². The number of halogens is 8. The molecule has 1 aromatic rings. The van der Waals surface area contributed by atoms with Crippen LogP contribution in [0, 0.1) is 23.5 Å². The Hall–Kier alpha value is -0.915. The zero-order valence-electron chi connectivity index (χ0n) is 16.4. The number of hydrogen-bond acceptors (Lipinski definition) is 1. The first-order valence-electron chi connectivity index (χ1n) is 9.37. The topological polar surface area (TPSA) is 12.9 Å². The molecule has 1 rings (SSSR count). The van der Waals surface area contributed by atoms with Crippen molar-refractivity contribution in [2.45, 2.75) is 59.3 Å². The van der Waals surface area contributed by atoms with Crippen LogP contribution in [0.5, 0.6) is 0 Å². The summed E-state index contributed by atoms with van der Waals surface area (Å²) >= 11 is 0. The van der Waals surface area contributed by atoms with E-state index in [-0.39, 0.29) is 5.30 Å². The van der Waals surface area contributed by atoms with Gasteiger partial charge < -0.3 is 17.3 Å². The number of pyridine rings is 1. The highest BCUT2D eigenvalue weighted by molar-refractivity contribution is 7.82. The molecule has 164 valence electrons. The molecule has 0 bridgehead atoms. The lowest BCUT2D eigenvalue weighted by molar-refractivity contribution is 0.368. The molecule has 0 amide bonds. The molecule has 0 fully saturated rings. The van der Waals surface area contributed by atoms with Gasteiger partial charge in [-0.25, -0.2) is 0 Å². The summed E-state index contributed by atoms with van der Waals surface area (Å²) in [6, 6.07) is 0. The first-order chi connectivity index (χ1) is 12.9. The molecule has 1 heterocycles. The maximum Gasteiger partial charge on any atom is 0.673 e. The van der Waals surface area contributed by atoms with Gasteiger partial charge >= 0.3 is 7.25 Å². The summed E-state index contributed by atoms with van der Waals surface area (Å²) in [6.45, 7) is 6.03. The van der Waals surface area contributed by atoms with Crippen LogP contribution in [0.4, 0.5) is 34.8 Å². The summed E-state index contributed by atoms with van der Waals surface area (Å²) in [5.41, 5.74) is 0. The van der Waals surface area contributed by atoms with Crippen LogP contribution in [0.2, 0.25) is 0 Å². The first-order valence-corrected chi connectivity index (χ1v) is 11.7. The van der Waals surface area contributed by atoms with Gasteiger partial charge in [-0.2, -0.15) is 22.5 Å². The number of aromatic nitrogens is 1. The number of unbranched alkanes of at least 4 members (excludes halogenated alkanes) is 3. The summed E-state index contributed by atoms with van der Waals surface area (Å²) in [5, 5.41) is -0.321. The van der Waals surface area contributed by atoms with Gasteiger partial charge in [0.2, 0.25) is 11.6 Å². The van der Waals surface area contributed by atoms with E-state index in [0.29, 0.717) is 18.5 Å². The van der Waals surface area contributed by atoms with Gasteiger partial charge in [0.25, 0.3) is 11.9 Å². The van der Waals surface area contributed by atoms with E-state index in [9.17, 15) is 34.8 Å². The average molecular weight is 439 g/mol. The molecular weight excluding hydrogens is 412 g/mol. The van der Waals surface area contributed by atoms with Crippen LogP contribution < -0.4 is 5.30 Å². The summed E-state index contributed by atoms with van der Waals surface area (Å²) < 4.78 is 95.1. The van der Waals surface area contributed by atoms with E-state index in [0.717, 1.165) is 38.5 Å². The zero-order valence-corrected chi connectivity index (χ0v) is 17.3. The van der Waals surface area contributed by atoms with Crippen molar-refractivity contribution in [2.75, 3.05) is 18.5 Å². The predicted molar refractivity (Wildman–Crippen MR) is 100 cm³/mol. The third-order valence-corrected chi connectivity index (χ3v) is 9.13. The monoisotopic (exact) mass is 439 g/mol. The molecule has 28 heavy (non-hydrogen) atoms. The van der Waals surface area contributed by atoms with Crippen LogP contribution in [-0.2, 0) is 0 Å². The van der Waals surface area contributed by atoms with E-state index in [1.807, 2.05) is 20.8 Å². The molecule has 0 saturated heterocycles. The van der Waals surface area contributed by atoms with Gasteiger partial charge in [-0.05, 0) is 19.3 Å². The van der Waals surface area contributed by atoms with E-state index in [1.165, 1.54) is 0 Å². The zero-order chi connectivity index (χ0) is 22.0. The summed E-state index contributed by atoms with van der Waals surface area (Å²) in [7, 11) is -8.30. The van der Waals surface area contributed by atoms with Crippen molar-refractivity contribution in [1.29, 1.82) is 0 Å². The van der Waals surface area contributed by atoms with Crippen LogP contribution in [0.3, 0.4) is 0 Å². The lowest BCUT2D eigenvalue weighted by atomic mass is 10.3. The second-order valence-corrected chi connectivity index (χ2v) is 10.6. The van der Waals surface area contributed by atoms with Gasteiger partial charge in [-0.1, -0.05) is 40.0 Å². The lowest BCUT2D eigenvalue weighted by Gasteiger charge is -2.28. The van der Waals surface area contributed by atoms with Gasteiger partial charge in [0.05, 0.1) is 25.7 Å². The Morgan fingerprint density at radius 1 is 0.679 bits per heavy atom. The molecule has 0 saturated carbocycles. The maximum atomic E-state index is 14.4. The van der Waals surface area contributed by atoms with Crippen molar-refractivity contribution in [3.8, 4) is 0 Å². The van der Waals surface area contributed by atoms with Crippen LogP contribution in [0.1, 0.15) is 59.3 Å². The molecule has 0 radical (unpaired) electrons. The van der Waals surface area contributed by atoms with Crippen molar-refractivity contribution in [2.24, 2.45) is 0 Å². The predicted octanol–water partition coefficient (Wildman–Crippen LogP) is 6.98. The molecule has 11 heteroatoms. The third-order valence-electron chi connectivity index (χ3n) is 4.27. The highest BCUT2D eigenvalue weighted by Crippen LogP contribution is 2.60. The van der Waals surface area contributed by atoms with Gasteiger partial charge in [0.1, 0.15) is 0 Å². The van der Waals surface area contributed by atoms with E-state index < -0.39 is 38.0 Å². The van der Waals surface area contributed by atoms with E-state index in [1.54, 1.807) is 0 Å². The Balaban J connectivity index is 0.00000129. The quantitative estimate of drug-likeness (QED) is 0.166. The molecule has 0 unspecified atom stereocenters. The second kappa shape index (κ2) is 12.6. The number of nitrogens with zero attached hydrogens (tertiary/aromatic N) is 1. The van der Waals surface area contributed by atoms with Crippen molar-refractivity contribution in [3.05, 3.63) is 23.5 Å². The Kier molecular flexibility index (Phi) is 12.2. The fraction of sp³-hybridized carbons (Fsp3) is 0.706. The Labute approximate surface area is 161 Å². The molecule has 0 aromatic carbocycles. The molecule has 0 atom stereocenters. The highest BCUT2D eigenvalue weighted by atomic mass is 31.2. The van der Waals surface area contributed by atoms with Crippen molar-refractivity contribution in [3.63, 3.8) is 0 Å². The van der Waals surface area contributed by atoms with Crippen LogP contribution in [-0.4, -0.2) is 30.7 Å². The Bertz CT molecular complexity index is 543. The van der Waals surface area contributed by atoms with E-state index >= 15 is 0 Å². The smallest absolute Gasteiger partial charge is 0.418 e. The minimum atomic E-state index is -6.00. The van der Waals surface area contributed by atoms with E-state index in [2.05, 4.69) is 4.98 Å². The number of hydrogen-bond donors (Lipinski definition) is 0. The van der Waals surface area contributed by atoms with Crippen molar-refractivity contribution >= 4 is 19.8 Å². The largest absolute Gasteiger partial charge is 0.673 e. The third kappa shape index (κ3) is 9.06. The molecule has 1 nitrogen and oxygen atoms in total. The van der Waals surface area contributed by atoms with Crippen LogP contribution >= 0.6 is 7.26 Å². The van der Waals surface area contributed by atoms with Gasteiger partial charge in [0.15, 0.2) is 5.30 Å². The standard InChI is InChI=1S/C17H27F4NP.BF4/c1-4-7-10-23(11-8-5-2,12-9-6-3)15-13(18)16(20)22-17(21)14(15)19;2-1(3,4)5/h4-12H2,1-3H3;/q+1;-1. The Morgan fingerprint density at radius 3 is 1.21 bits per heavy atom. The van der Waals surface area contributed by atoms with Crippen molar-refractivity contribution in [1.82, 2.24) is 4.98 Å². The highest BCUT2D eigenvalue weighted by Gasteiger charge is 2.45. The SMILES string of the molecule is CCCC[P+](CCCC)(CCCC)c1c(F)c(F)nc(F)c1F.F[B-](F)(F)F. The minimum absolute atomic E-state index is 0.321. The van der Waals surface area contributed by atoms with Gasteiger partial charge in [0, 0.05) is 0 Å². The summed E-state index contributed by atoms with van der Waals surface area (Å²) in [4.78, 5) is 2.72. The normalized spacial score (nSPS) is 12.0. The number of rotatable bonds is 10. The lowest BCUT2D eigenvalue weighted by Crippen LogP contribution is -2.29. The fourth-order valence-electron chi connectivity index (χ4n) is 2.95. The molecule has 1 aromatic heterocycles. The summed E-state index contributed by atoms with van der Waals surface area (Å²) in [6.07, 6.45) is 7.02. The van der Waals surface area contributed by atoms with Crippen molar-refractivity contribution < 1.29 is 34.8 Å². The Morgan fingerprint density at radius 2 is 0.964 bits per heavy atom.